The molecule has 1 aliphatic heterocycles. The maximum atomic E-state index is 2.49. The van der Waals surface area contributed by atoms with Crippen molar-refractivity contribution in [3.63, 3.8) is 0 Å². The van der Waals surface area contributed by atoms with E-state index in [9.17, 15) is 0 Å². The second-order valence-corrected chi connectivity index (χ2v) is 6.25. The minimum atomic E-state index is 0.597. The fourth-order valence-electron chi connectivity index (χ4n) is 2.92. The molecule has 0 bridgehead atoms. The molecule has 0 spiro atoms. The van der Waals surface area contributed by atoms with Crippen LogP contribution in [0.3, 0.4) is 0 Å². The second kappa shape index (κ2) is 9.28. The van der Waals surface area contributed by atoms with E-state index in [1.54, 1.807) is 0 Å². The normalized spacial score (nSPS) is 18.9. The van der Waals surface area contributed by atoms with Gasteiger partial charge in [-0.05, 0) is 26.7 Å². The van der Waals surface area contributed by atoms with Crippen LogP contribution in [0.15, 0.2) is 12.4 Å². The Hall–Kier alpha value is -0.660. The first kappa shape index (κ1) is 16.4. The summed E-state index contributed by atoms with van der Waals surface area (Å²) in [5.74, 6) is 0. The molecule has 1 aliphatic rings. The molecule has 0 aromatic rings. The smallest absolute Gasteiger partial charge is 0.101 e. The standard InChI is InChI=1S/C17H34N2/c1-5-6-7-8-9-10-11-12-13-17-18(4)14-15-19(17)16(2)3/h14-17H,5-13H2,1-4H3. The summed E-state index contributed by atoms with van der Waals surface area (Å²) in [5, 5.41) is 0. The Morgan fingerprint density at radius 1 is 0.895 bits per heavy atom. The highest BCUT2D eigenvalue weighted by molar-refractivity contribution is 4.96. The van der Waals surface area contributed by atoms with E-state index in [1.165, 1.54) is 57.8 Å². The zero-order chi connectivity index (χ0) is 14.1. The van der Waals surface area contributed by atoms with E-state index in [-0.39, 0.29) is 0 Å². The van der Waals surface area contributed by atoms with Crippen molar-refractivity contribution in [2.75, 3.05) is 7.05 Å². The van der Waals surface area contributed by atoms with Crippen molar-refractivity contribution >= 4 is 0 Å². The van der Waals surface area contributed by atoms with Crippen molar-refractivity contribution in [3.8, 4) is 0 Å². The lowest BCUT2D eigenvalue weighted by molar-refractivity contribution is 0.134. The predicted molar refractivity (Wildman–Crippen MR) is 84.9 cm³/mol. The van der Waals surface area contributed by atoms with E-state index in [0.717, 1.165) is 0 Å². The van der Waals surface area contributed by atoms with Crippen LogP contribution in [0.2, 0.25) is 0 Å². The molecule has 0 saturated carbocycles. The van der Waals surface area contributed by atoms with Crippen molar-refractivity contribution in [1.82, 2.24) is 9.80 Å². The minimum Gasteiger partial charge on any atom is -0.359 e. The van der Waals surface area contributed by atoms with Gasteiger partial charge < -0.3 is 9.80 Å². The Labute approximate surface area is 120 Å². The summed E-state index contributed by atoms with van der Waals surface area (Å²) >= 11 is 0. The molecule has 0 amide bonds. The van der Waals surface area contributed by atoms with Gasteiger partial charge in [-0.15, -0.1) is 0 Å². The summed E-state index contributed by atoms with van der Waals surface area (Å²) in [5.41, 5.74) is 0. The third-order valence-electron chi connectivity index (χ3n) is 4.20. The van der Waals surface area contributed by atoms with Crippen LogP contribution in [0, 0.1) is 0 Å². The van der Waals surface area contributed by atoms with E-state index >= 15 is 0 Å². The van der Waals surface area contributed by atoms with Crippen molar-refractivity contribution in [3.05, 3.63) is 12.4 Å². The highest BCUT2D eigenvalue weighted by Gasteiger charge is 2.24. The first-order valence-corrected chi connectivity index (χ1v) is 8.34. The fraction of sp³-hybridized carbons (Fsp3) is 0.882. The van der Waals surface area contributed by atoms with Crippen molar-refractivity contribution in [1.29, 1.82) is 0 Å². The lowest BCUT2D eigenvalue weighted by Gasteiger charge is -2.33. The van der Waals surface area contributed by atoms with E-state index in [4.69, 9.17) is 0 Å². The van der Waals surface area contributed by atoms with E-state index in [0.29, 0.717) is 12.2 Å². The van der Waals surface area contributed by atoms with Gasteiger partial charge in [-0.2, -0.15) is 0 Å². The molecule has 0 radical (unpaired) electrons. The van der Waals surface area contributed by atoms with Gasteiger partial charge in [0.2, 0.25) is 0 Å². The third kappa shape index (κ3) is 5.88. The molecule has 2 heteroatoms. The zero-order valence-corrected chi connectivity index (χ0v) is 13.6. The minimum absolute atomic E-state index is 0.597. The lowest BCUT2D eigenvalue weighted by atomic mass is 10.1. The van der Waals surface area contributed by atoms with Crippen LogP contribution in [-0.4, -0.2) is 29.1 Å². The molecule has 112 valence electrons. The van der Waals surface area contributed by atoms with Crippen molar-refractivity contribution < 1.29 is 0 Å². The van der Waals surface area contributed by atoms with E-state index in [1.807, 2.05) is 0 Å². The zero-order valence-electron chi connectivity index (χ0n) is 13.6. The maximum Gasteiger partial charge on any atom is 0.101 e. The molecular weight excluding hydrogens is 232 g/mol. The summed E-state index contributed by atoms with van der Waals surface area (Å²) in [7, 11) is 2.20. The molecule has 19 heavy (non-hydrogen) atoms. The maximum absolute atomic E-state index is 2.49. The summed E-state index contributed by atoms with van der Waals surface area (Å²) in [6, 6.07) is 0.611. The second-order valence-electron chi connectivity index (χ2n) is 6.25. The molecule has 1 atom stereocenters. The summed E-state index contributed by atoms with van der Waals surface area (Å²) in [6.07, 6.45) is 17.7. The molecule has 1 rings (SSSR count). The van der Waals surface area contributed by atoms with Crippen LogP contribution in [0.1, 0.15) is 78.6 Å². The van der Waals surface area contributed by atoms with Gasteiger partial charge >= 0.3 is 0 Å². The van der Waals surface area contributed by atoms with Gasteiger partial charge in [0.25, 0.3) is 0 Å². The van der Waals surface area contributed by atoms with Gasteiger partial charge in [0.05, 0.1) is 0 Å². The van der Waals surface area contributed by atoms with Crippen LogP contribution < -0.4 is 0 Å². The Bertz CT molecular complexity index is 248. The molecule has 2 nitrogen and oxygen atoms in total. The summed E-state index contributed by atoms with van der Waals surface area (Å²) < 4.78 is 0. The van der Waals surface area contributed by atoms with Crippen LogP contribution in [0.5, 0.6) is 0 Å². The molecule has 0 aromatic carbocycles. The van der Waals surface area contributed by atoms with Gasteiger partial charge in [0.15, 0.2) is 0 Å². The largest absolute Gasteiger partial charge is 0.359 e. The van der Waals surface area contributed by atoms with Crippen LogP contribution in [-0.2, 0) is 0 Å². The number of hydrogen-bond donors (Lipinski definition) is 0. The molecular formula is C17H34N2. The first-order chi connectivity index (χ1) is 9.16. The summed E-state index contributed by atoms with van der Waals surface area (Å²) in [4.78, 5) is 4.85. The molecule has 0 fully saturated rings. The average Bonchev–Trinajstić information content (AvgIpc) is 2.74. The predicted octanol–water partition coefficient (Wildman–Crippen LogP) is 4.97. The quantitative estimate of drug-likeness (QED) is 0.515. The van der Waals surface area contributed by atoms with Crippen LogP contribution in [0.4, 0.5) is 0 Å². The van der Waals surface area contributed by atoms with E-state index in [2.05, 4.69) is 50.0 Å². The topological polar surface area (TPSA) is 6.48 Å². The van der Waals surface area contributed by atoms with Gasteiger partial charge in [0.1, 0.15) is 6.17 Å². The highest BCUT2D eigenvalue weighted by Crippen LogP contribution is 2.22. The molecule has 1 unspecified atom stereocenters. The average molecular weight is 266 g/mol. The number of nitrogens with zero attached hydrogens (tertiary/aromatic N) is 2. The Kier molecular flexibility index (Phi) is 8.00. The first-order valence-electron chi connectivity index (χ1n) is 8.34. The number of rotatable bonds is 10. The van der Waals surface area contributed by atoms with Gasteiger partial charge in [-0.1, -0.05) is 51.9 Å². The molecule has 0 aliphatic carbocycles. The molecule has 0 N–H and O–H groups in total. The van der Waals surface area contributed by atoms with Gasteiger partial charge in [-0.25, -0.2) is 0 Å². The Morgan fingerprint density at radius 3 is 2.05 bits per heavy atom. The Balaban J connectivity index is 2.05. The van der Waals surface area contributed by atoms with Crippen molar-refractivity contribution in [2.24, 2.45) is 0 Å². The number of unbranched alkanes of at least 4 members (excludes halogenated alkanes) is 7. The van der Waals surface area contributed by atoms with E-state index < -0.39 is 0 Å². The summed E-state index contributed by atoms with van der Waals surface area (Å²) in [6.45, 7) is 6.85. The molecule has 1 heterocycles. The lowest BCUT2D eigenvalue weighted by Crippen LogP contribution is -2.40. The third-order valence-corrected chi connectivity index (χ3v) is 4.20. The molecule has 0 aromatic heterocycles. The molecule has 0 saturated heterocycles. The monoisotopic (exact) mass is 266 g/mol. The van der Waals surface area contributed by atoms with Crippen LogP contribution in [0.25, 0.3) is 0 Å². The van der Waals surface area contributed by atoms with Gasteiger partial charge in [-0.3, -0.25) is 0 Å². The SMILES string of the molecule is CCCCCCCCCCC1N(C)C=CN1C(C)C. The Morgan fingerprint density at radius 2 is 1.47 bits per heavy atom. The number of hydrogen-bond acceptors (Lipinski definition) is 2. The van der Waals surface area contributed by atoms with Gasteiger partial charge in [0, 0.05) is 25.5 Å². The van der Waals surface area contributed by atoms with Crippen LogP contribution >= 0.6 is 0 Å². The van der Waals surface area contributed by atoms with Crippen molar-refractivity contribution in [2.45, 2.75) is 90.8 Å². The highest BCUT2D eigenvalue weighted by atomic mass is 15.4. The fourth-order valence-corrected chi connectivity index (χ4v) is 2.92.